The number of hydrogen-bond acceptors (Lipinski definition) is 4. The maximum absolute atomic E-state index is 5.82. The van der Waals surface area contributed by atoms with E-state index in [0.29, 0.717) is 6.61 Å². The zero-order chi connectivity index (χ0) is 13.5. The minimum atomic E-state index is 0.0783. The fraction of sp³-hybridized carbons (Fsp3) is 0.286. The lowest BCUT2D eigenvalue weighted by Gasteiger charge is -2.17. The van der Waals surface area contributed by atoms with E-state index in [2.05, 4.69) is 36.9 Å². The quantitative estimate of drug-likeness (QED) is 0.872. The van der Waals surface area contributed by atoms with Gasteiger partial charge in [0, 0.05) is 23.4 Å². The lowest BCUT2D eigenvalue weighted by Crippen LogP contribution is -2.30. The van der Waals surface area contributed by atoms with Crippen molar-refractivity contribution in [2.45, 2.75) is 6.04 Å². The van der Waals surface area contributed by atoms with Gasteiger partial charge in [0.25, 0.3) is 0 Å². The largest absolute Gasteiger partial charge is 0.491 e. The van der Waals surface area contributed by atoms with Crippen LogP contribution in [0.25, 0.3) is 0 Å². The first-order valence-electron chi connectivity index (χ1n) is 6.56. The molecule has 0 aliphatic carbocycles. The SMILES string of the molecule is Brc1ccc2c(c1)OCCN1CC(c3ncc[nH]3)N=C21. The zero-order valence-corrected chi connectivity index (χ0v) is 12.3. The predicted molar refractivity (Wildman–Crippen MR) is 79.1 cm³/mol. The first-order chi connectivity index (χ1) is 9.81. The molecule has 0 saturated heterocycles. The van der Waals surface area contributed by atoms with E-state index in [1.807, 2.05) is 18.3 Å². The summed E-state index contributed by atoms with van der Waals surface area (Å²) in [6, 6.07) is 6.16. The maximum Gasteiger partial charge on any atom is 0.135 e. The van der Waals surface area contributed by atoms with Crippen LogP contribution in [0, 0.1) is 0 Å². The lowest BCUT2D eigenvalue weighted by molar-refractivity contribution is 0.280. The van der Waals surface area contributed by atoms with Crippen LogP contribution in [-0.2, 0) is 0 Å². The Morgan fingerprint density at radius 1 is 1.40 bits per heavy atom. The second kappa shape index (κ2) is 4.63. The van der Waals surface area contributed by atoms with Gasteiger partial charge in [0.1, 0.15) is 30.1 Å². The van der Waals surface area contributed by atoms with Crippen LogP contribution in [0.3, 0.4) is 0 Å². The van der Waals surface area contributed by atoms with Gasteiger partial charge in [-0.05, 0) is 18.2 Å². The van der Waals surface area contributed by atoms with Crippen LogP contribution in [0.15, 0.2) is 40.1 Å². The molecule has 1 unspecified atom stereocenters. The number of halogens is 1. The first kappa shape index (κ1) is 12.0. The molecule has 102 valence electrons. The minimum Gasteiger partial charge on any atom is -0.491 e. The Kier molecular flexibility index (Phi) is 2.77. The van der Waals surface area contributed by atoms with Crippen molar-refractivity contribution in [3.8, 4) is 5.75 Å². The zero-order valence-electron chi connectivity index (χ0n) is 10.7. The molecule has 2 aromatic rings. The highest BCUT2D eigenvalue weighted by molar-refractivity contribution is 9.10. The third-order valence-corrected chi connectivity index (χ3v) is 4.10. The minimum absolute atomic E-state index is 0.0783. The summed E-state index contributed by atoms with van der Waals surface area (Å²) < 4.78 is 6.84. The number of aliphatic imine (C=N–C) groups is 1. The molecule has 4 rings (SSSR count). The lowest BCUT2D eigenvalue weighted by atomic mass is 10.2. The van der Waals surface area contributed by atoms with Gasteiger partial charge in [-0.15, -0.1) is 0 Å². The molecule has 0 radical (unpaired) electrons. The van der Waals surface area contributed by atoms with E-state index in [9.17, 15) is 0 Å². The molecule has 1 aromatic heterocycles. The van der Waals surface area contributed by atoms with Crippen molar-refractivity contribution in [3.05, 3.63) is 46.5 Å². The van der Waals surface area contributed by atoms with Gasteiger partial charge in [-0.3, -0.25) is 4.99 Å². The average molecular weight is 333 g/mol. The molecule has 1 atom stereocenters. The molecule has 6 heteroatoms. The molecular formula is C14H13BrN4O. The highest BCUT2D eigenvalue weighted by Crippen LogP contribution is 2.32. The van der Waals surface area contributed by atoms with Crippen LogP contribution in [0.1, 0.15) is 17.4 Å². The van der Waals surface area contributed by atoms with Crippen molar-refractivity contribution < 1.29 is 4.74 Å². The van der Waals surface area contributed by atoms with E-state index in [-0.39, 0.29) is 6.04 Å². The van der Waals surface area contributed by atoms with E-state index in [1.165, 1.54) is 0 Å². The molecular weight excluding hydrogens is 320 g/mol. The van der Waals surface area contributed by atoms with Crippen LogP contribution >= 0.6 is 15.9 Å². The van der Waals surface area contributed by atoms with E-state index < -0.39 is 0 Å². The van der Waals surface area contributed by atoms with Gasteiger partial charge in [0.05, 0.1) is 12.1 Å². The van der Waals surface area contributed by atoms with E-state index in [0.717, 1.165) is 40.5 Å². The van der Waals surface area contributed by atoms with E-state index >= 15 is 0 Å². The normalized spacial score (nSPS) is 20.8. The summed E-state index contributed by atoms with van der Waals surface area (Å²) in [5.41, 5.74) is 1.06. The molecule has 1 aromatic carbocycles. The fourth-order valence-electron chi connectivity index (χ4n) is 2.68. The van der Waals surface area contributed by atoms with Crippen LogP contribution in [-0.4, -0.2) is 40.4 Å². The highest BCUT2D eigenvalue weighted by atomic mass is 79.9. The summed E-state index contributed by atoms with van der Waals surface area (Å²) in [6.45, 7) is 2.37. The first-order valence-corrected chi connectivity index (χ1v) is 7.35. The Balaban J connectivity index is 1.78. The number of hydrogen-bond donors (Lipinski definition) is 1. The van der Waals surface area contributed by atoms with Gasteiger partial charge in [-0.2, -0.15) is 0 Å². The predicted octanol–water partition coefficient (Wildman–Crippen LogP) is 2.37. The second-order valence-corrected chi connectivity index (χ2v) is 5.79. The van der Waals surface area contributed by atoms with Crippen molar-refractivity contribution in [2.75, 3.05) is 19.7 Å². The van der Waals surface area contributed by atoms with Crippen molar-refractivity contribution in [3.63, 3.8) is 0 Å². The van der Waals surface area contributed by atoms with Gasteiger partial charge in [0.2, 0.25) is 0 Å². The Labute approximate surface area is 124 Å². The molecule has 20 heavy (non-hydrogen) atoms. The van der Waals surface area contributed by atoms with Crippen LogP contribution in [0.4, 0.5) is 0 Å². The molecule has 0 bridgehead atoms. The Hall–Kier alpha value is -1.82. The Bertz CT molecular complexity index is 668. The van der Waals surface area contributed by atoms with E-state index in [1.54, 1.807) is 6.20 Å². The monoisotopic (exact) mass is 332 g/mol. The number of rotatable bonds is 1. The molecule has 0 fully saturated rings. The van der Waals surface area contributed by atoms with Crippen LogP contribution in [0.5, 0.6) is 5.75 Å². The number of benzene rings is 1. The van der Waals surface area contributed by atoms with Gasteiger partial charge in [-0.1, -0.05) is 15.9 Å². The summed E-state index contributed by atoms with van der Waals surface area (Å²) in [5.74, 6) is 2.82. The number of amidine groups is 1. The summed E-state index contributed by atoms with van der Waals surface area (Å²) in [4.78, 5) is 14.6. The average Bonchev–Trinajstić information content (AvgIpc) is 3.06. The molecule has 0 saturated carbocycles. The number of nitrogens with zero attached hydrogens (tertiary/aromatic N) is 3. The summed E-state index contributed by atoms with van der Waals surface area (Å²) in [6.07, 6.45) is 3.61. The topological polar surface area (TPSA) is 53.5 Å². The molecule has 0 spiro atoms. The smallest absolute Gasteiger partial charge is 0.135 e. The van der Waals surface area contributed by atoms with Crippen molar-refractivity contribution in [1.29, 1.82) is 0 Å². The number of aromatic amines is 1. The number of aromatic nitrogens is 2. The third-order valence-electron chi connectivity index (χ3n) is 3.61. The Morgan fingerprint density at radius 2 is 2.35 bits per heavy atom. The summed E-state index contributed by atoms with van der Waals surface area (Å²) in [5, 5.41) is 0. The third kappa shape index (κ3) is 1.91. The van der Waals surface area contributed by atoms with Crippen LogP contribution < -0.4 is 4.74 Å². The molecule has 0 amide bonds. The number of fused-ring (bicyclic) bond motifs is 3. The fourth-order valence-corrected chi connectivity index (χ4v) is 3.02. The number of H-pyrrole nitrogens is 1. The summed E-state index contributed by atoms with van der Waals surface area (Å²) >= 11 is 3.48. The summed E-state index contributed by atoms with van der Waals surface area (Å²) in [7, 11) is 0. The molecule has 5 nitrogen and oxygen atoms in total. The molecule has 2 aliphatic heterocycles. The van der Waals surface area contributed by atoms with Gasteiger partial charge in [-0.25, -0.2) is 4.98 Å². The van der Waals surface area contributed by atoms with Gasteiger partial charge >= 0.3 is 0 Å². The maximum atomic E-state index is 5.82. The van der Waals surface area contributed by atoms with Crippen molar-refractivity contribution in [2.24, 2.45) is 4.99 Å². The van der Waals surface area contributed by atoms with Gasteiger partial charge < -0.3 is 14.6 Å². The highest BCUT2D eigenvalue weighted by Gasteiger charge is 2.31. The van der Waals surface area contributed by atoms with E-state index in [4.69, 9.17) is 9.73 Å². The number of ether oxygens (including phenoxy) is 1. The standard InChI is InChI=1S/C14H13BrN4O/c15-9-1-2-10-12(7-9)20-6-5-19-8-11(18-14(10)19)13-16-3-4-17-13/h1-4,7,11H,5-6,8H2,(H,16,17). The van der Waals surface area contributed by atoms with Crippen molar-refractivity contribution >= 4 is 21.8 Å². The molecule has 2 aliphatic rings. The Morgan fingerprint density at radius 3 is 3.20 bits per heavy atom. The molecule has 3 heterocycles. The van der Waals surface area contributed by atoms with Crippen molar-refractivity contribution in [1.82, 2.24) is 14.9 Å². The second-order valence-electron chi connectivity index (χ2n) is 4.88. The van der Waals surface area contributed by atoms with Crippen LogP contribution in [0.2, 0.25) is 0 Å². The molecule has 1 N–H and O–H groups in total. The number of imidazole rings is 1. The van der Waals surface area contributed by atoms with Gasteiger partial charge in [0.15, 0.2) is 0 Å². The number of nitrogens with one attached hydrogen (secondary N) is 1.